The van der Waals surface area contributed by atoms with Crippen LogP contribution in [0.1, 0.15) is 132 Å². The van der Waals surface area contributed by atoms with E-state index in [1.165, 1.54) is 77.6 Å². The van der Waals surface area contributed by atoms with Crippen LogP contribution in [0.2, 0.25) is 5.28 Å². The number of nitrogens with zero attached hydrogens (tertiary/aromatic N) is 4. The van der Waals surface area contributed by atoms with Crippen molar-refractivity contribution < 1.29 is 38.1 Å². The molecule has 1 N–H and O–H groups in total. The van der Waals surface area contributed by atoms with Crippen molar-refractivity contribution in [3.63, 3.8) is 0 Å². The molecule has 14 heteroatoms. The van der Waals surface area contributed by atoms with E-state index < -0.39 is 30.1 Å². The van der Waals surface area contributed by atoms with Gasteiger partial charge in [0.2, 0.25) is 5.28 Å². The summed E-state index contributed by atoms with van der Waals surface area (Å²) >= 11 is 6.16. The second-order valence-electron chi connectivity index (χ2n) is 13.5. The average molecular weight is 756 g/mol. The van der Waals surface area contributed by atoms with E-state index in [0.29, 0.717) is 41.7 Å². The number of carbonyl (C=O) groups is 4. The van der Waals surface area contributed by atoms with Crippen molar-refractivity contribution in [3.05, 3.63) is 47.0 Å². The Hall–Kier alpha value is -4.10. The quantitative estimate of drug-likeness (QED) is 0.0387. The number of hydrogen-bond donors (Lipinski definition) is 1. The van der Waals surface area contributed by atoms with E-state index in [1.54, 1.807) is 28.8 Å². The minimum absolute atomic E-state index is 0.0113. The highest BCUT2D eigenvalue weighted by Gasteiger charge is 2.31. The molecule has 3 aromatic rings. The first-order valence-corrected chi connectivity index (χ1v) is 19.5. The largest absolute Gasteiger partial charge is 0.461 e. The van der Waals surface area contributed by atoms with Crippen LogP contribution in [0.3, 0.4) is 0 Å². The smallest absolute Gasteiger partial charge is 0.338 e. The standard InChI is InChI=1S/C39H54ClN5O8/c1-3-4-5-6-7-8-9-10-11-12-13-14-15-20-32(46)51-25-28-18-16-17-19-30(28)38(49)52-26-29(50-2)23-24-45-27-41-34-35(43-39(40)44-36(34)45)42-37(48)31-21-22-33(47)53-31/h16-19,27,29,31H,3-15,20-26H2,1-2H3,(H,42,43,44,48). The van der Waals surface area contributed by atoms with Crippen LogP contribution in [0, 0.1) is 0 Å². The monoisotopic (exact) mass is 755 g/mol. The third-order valence-electron chi connectivity index (χ3n) is 9.39. The van der Waals surface area contributed by atoms with Gasteiger partial charge in [-0.05, 0) is 30.5 Å². The van der Waals surface area contributed by atoms with Gasteiger partial charge in [-0.1, -0.05) is 102 Å². The first-order chi connectivity index (χ1) is 25.8. The molecule has 3 heterocycles. The van der Waals surface area contributed by atoms with Gasteiger partial charge in [-0.25, -0.2) is 9.78 Å². The van der Waals surface area contributed by atoms with Crippen molar-refractivity contribution in [3.8, 4) is 0 Å². The van der Waals surface area contributed by atoms with Gasteiger partial charge < -0.3 is 28.8 Å². The van der Waals surface area contributed by atoms with Crippen LogP contribution in [0.15, 0.2) is 30.6 Å². The Morgan fingerprint density at radius 2 is 1.64 bits per heavy atom. The highest BCUT2D eigenvalue weighted by Crippen LogP contribution is 2.24. The van der Waals surface area contributed by atoms with Crippen molar-refractivity contribution in [2.24, 2.45) is 0 Å². The molecule has 2 unspecified atom stereocenters. The van der Waals surface area contributed by atoms with Gasteiger partial charge in [-0.3, -0.25) is 14.4 Å². The molecule has 0 saturated carbocycles. The Bertz CT molecular complexity index is 1630. The molecule has 1 amide bonds. The van der Waals surface area contributed by atoms with E-state index >= 15 is 0 Å². The topological polar surface area (TPSA) is 161 Å². The summed E-state index contributed by atoms with van der Waals surface area (Å²) < 4.78 is 23.5. The molecule has 0 radical (unpaired) electrons. The van der Waals surface area contributed by atoms with Crippen LogP contribution in [-0.4, -0.2) is 69.3 Å². The summed E-state index contributed by atoms with van der Waals surface area (Å²) in [4.78, 5) is 62.3. The molecule has 0 bridgehead atoms. The number of nitrogens with one attached hydrogen (secondary N) is 1. The molecular weight excluding hydrogens is 702 g/mol. The molecule has 1 fully saturated rings. The fourth-order valence-corrected chi connectivity index (χ4v) is 6.40. The molecule has 2 atom stereocenters. The zero-order chi connectivity index (χ0) is 37.8. The van der Waals surface area contributed by atoms with Crippen molar-refractivity contribution in [2.75, 3.05) is 19.0 Å². The van der Waals surface area contributed by atoms with E-state index in [4.69, 9.17) is 30.5 Å². The number of cyclic esters (lactones) is 1. The molecule has 1 aliphatic rings. The van der Waals surface area contributed by atoms with Crippen LogP contribution < -0.4 is 5.32 Å². The Morgan fingerprint density at radius 3 is 2.30 bits per heavy atom. The normalized spacial score (nSPS) is 14.6. The average Bonchev–Trinajstić information content (AvgIpc) is 3.78. The van der Waals surface area contributed by atoms with E-state index in [2.05, 4.69) is 27.2 Å². The molecule has 53 heavy (non-hydrogen) atoms. The number of aryl methyl sites for hydroxylation is 1. The molecule has 4 rings (SSSR count). The van der Waals surface area contributed by atoms with Crippen LogP contribution in [0.25, 0.3) is 11.2 Å². The summed E-state index contributed by atoms with van der Waals surface area (Å²) in [5.41, 5.74) is 1.59. The van der Waals surface area contributed by atoms with Gasteiger partial charge in [0, 0.05) is 38.5 Å². The zero-order valence-electron chi connectivity index (χ0n) is 31.1. The Morgan fingerprint density at radius 1 is 0.962 bits per heavy atom. The number of carbonyl (C=O) groups excluding carboxylic acids is 4. The van der Waals surface area contributed by atoms with Crippen LogP contribution in [-0.2, 0) is 46.5 Å². The number of rotatable bonds is 25. The number of ether oxygens (including phenoxy) is 4. The Labute approximate surface area is 316 Å². The number of unbranched alkanes of at least 4 members (excludes halogenated alkanes) is 12. The number of anilines is 1. The summed E-state index contributed by atoms with van der Waals surface area (Å²) in [6, 6.07) is 6.91. The van der Waals surface area contributed by atoms with Crippen molar-refractivity contribution >= 4 is 52.4 Å². The number of hydrogen-bond acceptors (Lipinski definition) is 11. The van der Waals surface area contributed by atoms with Gasteiger partial charge in [0.25, 0.3) is 5.91 Å². The number of imidazole rings is 1. The Balaban J connectivity index is 1.16. The number of esters is 3. The number of aromatic nitrogens is 4. The molecule has 13 nitrogen and oxygen atoms in total. The van der Waals surface area contributed by atoms with Gasteiger partial charge in [0.1, 0.15) is 13.2 Å². The first-order valence-electron chi connectivity index (χ1n) is 19.1. The minimum Gasteiger partial charge on any atom is -0.461 e. The van der Waals surface area contributed by atoms with Crippen LogP contribution in [0.5, 0.6) is 0 Å². The summed E-state index contributed by atoms with van der Waals surface area (Å²) in [6.07, 6.45) is 17.5. The lowest BCUT2D eigenvalue weighted by Gasteiger charge is -2.17. The molecule has 1 aromatic carbocycles. The molecule has 1 saturated heterocycles. The van der Waals surface area contributed by atoms with Crippen molar-refractivity contribution in [2.45, 2.75) is 141 Å². The molecule has 2 aromatic heterocycles. The number of fused-ring (bicyclic) bond motifs is 1. The summed E-state index contributed by atoms with van der Waals surface area (Å²) in [7, 11) is 1.53. The van der Waals surface area contributed by atoms with Gasteiger partial charge in [-0.2, -0.15) is 9.97 Å². The lowest BCUT2D eigenvalue weighted by atomic mass is 10.0. The number of halogens is 1. The summed E-state index contributed by atoms with van der Waals surface area (Å²) in [6.45, 7) is 2.59. The minimum atomic E-state index is -0.903. The van der Waals surface area contributed by atoms with Crippen molar-refractivity contribution in [1.29, 1.82) is 0 Å². The second-order valence-corrected chi connectivity index (χ2v) is 13.9. The molecule has 0 spiro atoms. The highest BCUT2D eigenvalue weighted by molar-refractivity contribution is 6.28. The maximum absolute atomic E-state index is 13.1. The van der Waals surface area contributed by atoms with Crippen molar-refractivity contribution in [1.82, 2.24) is 19.5 Å². The predicted molar refractivity (Wildman–Crippen MR) is 200 cm³/mol. The van der Waals surface area contributed by atoms with Gasteiger partial charge in [0.15, 0.2) is 23.1 Å². The fraction of sp³-hybridized carbons (Fsp3) is 0.615. The number of benzene rings is 1. The van der Waals surface area contributed by atoms with Gasteiger partial charge in [0.05, 0.1) is 18.0 Å². The van der Waals surface area contributed by atoms with Crippen LogP contribution >= 0.6 is 11.6 Å². The molecular formula is C39H54ClN5O8. The first kappa shape index (κ1) is 41.7. The lowest BCUT2D eigenvalue weighted by Crippen LogP contribution is -2.28. The predicted octanol–water partition coefficient (Wildman–Crippen LogP) is 7.91. The SMILES string of the molecule is CCCCCCCCCCCCCCCC(=O)OCc1ccccc1C(=O)OCC(CCn1cnc2c(NC(=O)C3CCC(=O)O3)nc(Cl)nc21)OC. The number of amides is 1. The van der Waals surface area contributed by atoms with E-state index in [0.717, 1.165) is 19.3 Å². The Kier molecular flexibility index (Phi) is 18.0. The van der Waals surface area contributed by atoms with E-state index in [1.807, 2.05) is 0 Å². The zero-order valence-corrected chi connectivity index (χ0v) is 31.9. The summed E-state index contributed by atoms with van der Waals surface area (Å²) in [5.74, 6) is -1.67. The maximum Gasteiger partial charge on any atom is 0.338 e. The fourth-order valence-electron chi connectivity index (χ4n) is 6.24. The van der Waals surface area contributed by atoms with Crippen LogP contribution in [0.4, 0.5) is 5.82 Å². The molecule has 0 aliphatic carbocycles. The number of methoxy groups -OCH3 is 1. The lowest BCUT2D eigenvalue weighted by molar-refractivity contribution is -0.146. The third kappa shape index (κ3) is 14.0. The molecule has 290 valence electrons. The van der Waals surface area contributed by atoms with E-state index in [-0.39, 0.29) is 43.1 Å². The second kappa shape index (κ2) is 22.9. The maximum atomic E-state index is 13.1. The van der Waals surface area contributed by atoms with Gasteiger partial charge >= 0.3 is 17.9 Å². The summed E-state index contributed by atoms with van der Waals surface area (Å²) in [5, 5.41) is 2.54. The molecule has 1 aliphatic heterocycles. The van der Waals surface area contributed by atoms with Gasteiger partial charge in [-0.15, -0.1) is 0 Å². The third-order valence-corrected chi connectivity index (χ3v) is 9.56. The van der Waals surface area contributed by atoms with E-state index in [9.17, 15) is 19.2 Å². The highest BCUT2D eigenvalue weighted by atomic mass is 35.5.